The number of allylic oxidation sites excluding steroid dienone is 1. The molecule has 3 aromatic heterocycles. The minimum absolute atomic E-state index is 0.367. The number of nitrogens with zero attached hydrogens (tertiary/aromatic N) is 2. The highest BCUT2D eigenvalue weighted by Gasteiger charge is 2.23. The lowest BCUT2D eigenvalue weighted by Crippen LogP contribution is -2.37. The third-order valence-corrected chi connectivity index (χ3v) is 7.58. The largest absolute Gasteiger partial charge is 0.375 e. The van der Waals surface area contributed by atoms with Gasteiger partial charge in [-0.25, -0.2) is 4.98 Å². The zero-order valence-corrected chi connectivity index (χ0v) is 20.3. The molecule has 4 aromatic rings. The van der Waals surface area contributed by atoms with Gasteiger partial charge in [-0.15, -0.1) is 0 Å². The molecule has 0 amide bonds. The van der Waals surface area contributed by atoms with Gasteiger partial charge in [-0.05, 0) is 55.0 Å². The van der Waals surface area contributed by atoms with Gasteiger partial charge in [0.1, 0.15) is 18.0 Å². The van der Waals surface area contributed by atoms with Crippen molar-refractivity contribution in [3.8, 4) is 11.1 Å². The van der Waals surface area contributed by atoms with Crippen LogP contribution >= 0.6 is 0 Å². The van der Waals surface area contributed by atoms with E-state index >= 15 is 0 Å². The molecule has 0 radical (unpaired) electrons. The third kappa shape index (κ3) is 4.47. The number of hydrogen-bond donors (Lipinski definition) is 4. The molecule has 0 spiro atoms. The van der Waals surface area contributed by atoms with Crippen LogP contribution in [0.2, 0.25) is 0 Å². The first-order valence-electron chi connectivity index (χ1n) is 12.8. The molecule has 184 valence electrons. The molecule has 6 rings (SSSR count). The number of pyridine rings is 1. The zero-order chi connectivity index (χ0) is 24.5. The van der Waals surface area contributed by atoms with Crippen molar-refractivity contribution in [3.05, 3.63) is 84.1 Å². The number of aldehydes is 1. The molecule has 36 heavy (non-hydrogen) atoms. The molecule has 0 bridgehead atoms. The van der Waals surface area contributed by atoms with Gasteiger partial charge in [0.15, 0.2) is 0 Å². The Labute approximate surface area is 210 Å². The standard InChI is InChI=1S/C29H32N6O/c30-22-7-9-23(10-8-22)32-14-20-5-3-19(4-6-20)12-24-15-33-27(18-36)28-13-21(17-35(24)28)26-16-34-29-25(26)2-1-11-31-29/h1-6,11,13,15-18,22-23,27,32-33H,7-10,12,14,30H2,(H,31,34). The molecule has 7 nitrogen and oxygen atoms in total. The van der Waals surface area contributed by atoms with E-state index in [4.69, 9.17) is 5.73 Å². The molecule has 5 N–H and O–H groups in total. The Balaban J connectivity index is 1.19. The van der Waals surface area contributed by atoms with Crippen LogP contribution in [-0.4, -0.2) is 32.9 Å². The van der Waals surface area contributed by atoms with Crippen LogP contribution in [0.5, 0.6) is 0 Å². The van der Waals surface area contributed by atoms with Crippen molar-refractivity contribution in [2.24, 2.45) is 5.73 Å². The average Bonchev–Trinajstić information content (AvgIpc) is 3.54. The fraction of sp³-hybridized carbons (Fsp3) is 0.310. The monoisotopic (exact) mass is 480 g/mol. The minimum Gasteiger partial charge on any atom is -0.375 e. The van der Waals surface area contributed by atoms with Gasteiger partial charge < -0.3 is 30.7 Å². The SMILES string of the molecule is NC1CCC(NCc2ccc(CC3=CNC(C=O)c4cc(-c5c[nH]c6ncccc56)cn43)cc2)CC1. The predicted octanol–water partition coefficient (Wildman–Crippen LogP) is 4.28. The van der Waals surface area contributed by atoms with Gasteiger partial charge in [-0.3, -0.25) is 0 Å². The van der Waals surface area contributed by atoms with Crippen molar-refractivity contribution in [3.63, 3.8) is 0 Å². The second-order valence-corrected chi connectivity index (χ2v) is 10.0. The highest BCUT2D eigenvalue weighted by molar-refractivity contribution is 5.94. The summed E-state index contributed by atoms with van der Waals surface area (Å²) in [6.07, 6.45) is 14.2. The van der Waals surface area contributed by atoms with E-state index in [9.17, 15) is 4.79 Å². The summed E-state index contributed by atoms with van der Waals surface area (Å²) in [6.45, 7) is 0.885. The highest BCUT2D eigenvalue weighted by Crippen LogP contribution is 2.34. The second kappa shape index (κ2) is 9.76. The fourth-order valence-electron chi connectivity index (χ4n) is 5.47. The van der Waals surface area contributed by atoms with E-state index in [0.29, 0.717) is 12.1 Å². The number of carbonyl (C=O) groups is 1. The van der Waals surface area contributed by atoms with Crippen molar-refractivity contribution < 1.29 is 4.79 Å². The number of rotatable bonds is 7. The molecule has 1 aliphatic heterocycles. The first-order chi connectivity index (χ1) is 17.7. The first kappa shape index (κ1) is 22.8. The molecule has 1 aromatic carbocycles. The van der Waals surface area contributed by atoms with Crippen LogP contribution in [0.25, 0.3) is 27.9 Å². The van der Waals surface area contributed by atoms with Crippen LogP contribution in [0.3, 0.4) is 0 Å². The van der Waals surface area contributed by atoms with Crippen molar-refractivity contribution in [2.45, 2.75) is 56.8 Å². The minimum atomic E-state index is -0.367. The Morgan fingerprint density at radius 1 is 1.11 bits per heavy atom. The smallest absolute Gasteiger partial charge is 0.148 e. The normalized spacial score (nSPS) is 21.6. The Kier molecular flexibility index (Phi) is 6.17. The lowest BCUT2D eigenvalue weighted by molar-refractivity contribution is -0.109. The van der Waals surface area contributed by atoms with Crippen LogP contribution in [0.15, 0.2) is 67.3 Å². The summed E-state index contributed by atoms with van der Waals surface area (Å²) >= 11 is 0. The molecular weight excluding hydrogens is 448 g/mol. The number of benzene rings is 1. The summed E-state index contributed by atoms with van der Waals surface area (Å²) in [7, 11) is 0. The van der Waals surface area contributed by atoms with Crippen LogP contribution < -0.4 is 16.4 Å². The molecule has 7 heteroatoms. The quantitative estimate of drug-likeness (QED) is 0.296. The molecule has 4 heterocycles. The lowest BCUT2D eigenvalue weighted by Gasteiger charge is -2.27. The van der Waals surface area contributed by atoms with E-state index in [1.165, 1.54) is 24.0 Å². The number of nitrogens with one attached hydrogen (secondary N) is 3. The van der Waals surface area contributed by atoms with Gasteiger partial charge in [-0.2, -0.15) is 0 Å². The first-order valence-corrected chi connectivity index (χ1v) is 12.8. The number of hydrogen-bond acceptors (Lipinski definition) is 5. The number of aromatic nitrogens is 3. The maximum Gasteiger partial charge on any atom is 0.148 e. The summed E-state index contributed by atoms with van der Waals surface area (Å²) < 4.78 is 2.16. The van der Waals surface area contributed by atoms with Gasteiger partial charge in [0, 0.05) is 72.0 Å². The predicted molar refractivity (Wildman–Crippen MR) is 143 cm³/mol. The van der Waals surface area contributed by atoms with E-state index in [-0.39, 0.29) is 6.04 Å². The topological polar surface area (TPSA) is 101 Å². The van der Waals surface area contributed by atoms with Crippen LogP contribution in [-0.2, 0) is 17.8 Å². The van der Waals surface area contributed by atoms with Crippen molar-refractivity contribution in [1.29, 1.82) is 0 Å². The van der Waals surface area contributed by atoms with E-state index in [2.05, 4.69) is 67.8 Å². The molecule has 0 saturated heterocycles. The summed E-state index contributed by atoms with van der Waals surface area (Å²) in [5, 5.41) is 8.03. The van der Waals surface area contributed by atoms with Crippen LogP contribution in [0, 0.1) is 0 Å². The van der Waals surface area contributed by atoms with Crippen LogP contribution in [0.4, 0.5) is 0 Å². The molecule has 1 aliphatic carbocycles. The summed E-state index contributed by atoms with van der Waals surface area (Å²) in [5.41, 5.74) is 13.6. The molecule has 1 unspecified atom stereocenters. The fourth-order valence-corrected chi connectivity index (χ4v) is 5.47. The van der Waals surface area contributed by atoms with Gasteiger partial charge in [0.05, 0.1) is 5.69 Å². The summed E-state index contributed by atoms with van der Waals surface area (Å²) in [4.78, 5) is 19.5. The van der Waals surface area contributed by atoms with Gasteiger partial charge in [-0.1, -0.05) is 24.3 Å². The van der Waals surface area contributed by atoms with Crippen molar-refractivity contribution >= 4 is 23.0 Å². The average molecular weight is 481 g/mol. The number of carbonyl (C=O) groups excluding carboxylic acids is 1. The van der Waals surface area contributed by atoms with Crippen molar-refractivity contribution in [1.82, 2.24) is 25.2 Å². The molecule has 2 aliphatic rings. The van der Waals surface area contributed by atoms with Crippen LogP contribution in [0.1, 0.15) is 48.5 Å². The van der Waals surface area contributed by atoms with Crippen molar-refractivity contribution in [2.75, 3.05) is 0 Å². The number of fused-ring (bicyclic) bond motifs is 2. The maximum absolute atomic E-state index is 11.8. The third-order valence-electron chi connectivity index (χ3n) is 7.58. The van der Waals surface area contributed by atoms with E-state index in [1.54, 1.807) is 6.20 Å². The Hall–Kier alpha value is -3.68. The Bertz CT molecular complexity index is 1390. The molecule has 1 saturated carbocycles. The summed E-state index contributed by atoms with van der Waals surface area (Å²) in [6, 6.07) is 15.5. The molecule has 1 fully saturated rings. The Morgan fingerprint density at radius 3 is 2.72 bits per heavy atom. The summed E-state index contributed by atoms with van der Waals surface area (Å²) in [5.74, 6) is 0. The highest BCUT2D eigenvalue weighted by atomic mass is 16.1. The van der Waals surface area contributed by atoms with E-state index in [0.717, 1.165) is 65.6 Å². The number of aromatic amines is 1. The molecular formula is C29H32N6O. The number of H-pyrrole nitrogens is 1. The second-order valence-electron chi connectivity index (χ2n) is 10.0. The van der Waals surface area contributed by atoms with E-state index < -0.39 is 0 Å². The zero-order valence-electron chi connectivity index (χ0n) is 20.3. The maximum atomic E-state index is 11.8. The lowest BCUT2D eigenvalue weighted by atomic mass is 9.92. The van der Waals surface area contributed by atoms with Gasteiger partial charge in [0.25, 0.3) is 0 Å². The Morgan fingerprint density at radius 2 is 1.92 bits per heavy atom. The van der Waals surface area contributed by atoms with Gasteiger partial charge in [0.2, 0.25) is 0 Å². The van der Waals surface area contributed by atoms with E-state index in [1.807, 2.05) is 18.5 Å². The molecule has 1 atom stereocenters. The number of nitrogens with two attached hydrogens (primary N) is 1. The van der Waals surface area contributed by atoms with Gasteiger partial charge >= 0.3 is 0 Å².